The molecule has 0 unspecified atom stereocenters. The molecule has 1 saturated heterocycles. The van der Waals surface area contributed by atoms with Crippen molar-refractivity contribution in [3.8, 4) is 11.1 Å². The van der Waals surface area contributed by atoms with Crippen LogP contribution in [0.5, 0.6) is 0 Å². The summed E-state index contributed by atoms with van der Waals surface area (Å²) in [5.74, 6) is -0.516. The van der Waals surface area contributed by atoms with Gasteiger partial charge in [0.1, 0.15) is 0 Å². The van der Waals surface area contributed by atoms with Crippen LogP contribution in [-0.4, -0.2) is 48.8 Å². The summed E-state index contributed by atoms with van der Waals surface area (Å²) in [6.07, 6.45) is 4.75. The van der Waals surface area contributed by atoms with Gasteiger partial charge in [0.15, 0.2) is 0 Å². The molecule has 0 radical (unpaired) electrons. The van der Waals surface area contributed by atoms with Crippen molar-refractivity contribution in [1.29, 1.82) is 0 Å². The first-order chi connectivity index (χ1) is 14.6. The van der Waals surface area contributed by atoms with Crippen LogP contribution in [0.3, 0.4) is 0 Å². The van der Waals surface area contributed by atoms with Crippen molar-refractivity contribution < 1.29 is 14.4 Å². The monoisotopic (exact) mass is 407 g/mol. The average Bonchev–Trinajstić information content (AvgIpc) is 3.08. The predicted molar refractivity (Wildman–Crippen MR) is 117 cm³/mol. The number of hydrogen-bond acceptors (Lipinski definition) is 3. The van der Waals surface area contributed by atoms with E-state index in [4.69, 9.17) is 0 Å². The first kappa shape index (κ1) is 21.6. The van der Waals surface area contributed by atoms with E-state index in [-0.39, 0.29) is 30.8 Å². The highest BCUT2D eigenvalue weighted by Gasteiger charge is 2.15. The van der Waals surface area contributed by atoms with Crippen molar-refractivity contribution in [3.63, 3.8) is 0 Å². The maximum absolute atomic E-state index is 12.3. The molecule has 0 bridgehead atoms. The minimum absolute atomic E-state index is 0.0831. The molecule has 3 amide bonds. The van der Waals surface area contributed by atoms with Gasteiger partial charge in [-0.05, 0) is 36.1 Å². The fourth-order valence-corrected chi connectivity index (χ4v) is 3.56. The molecule has 1 heterocycles. The van der Waals surface area contributed by atoms with Crippen molar-refractivity contribution in [3.05, 3.63) is 60.2 Å². The zero-order valence-electron chi connectivity index (χ0n) is 17.2. The summed E-state index contributed by atoms with van der Waals surface area (Å²) >= 11 is 0. The standard InChI is InChI=1S/C24H29N3O3/c28-22(25-15-14-23(29)27-16-6-1-2-7-17-27)18-26-24(30)21-12-10-20(11-13-21)19-8-4-3-5-9-19/h3-5,8-13H,1-2,6-7,14-18H2,(H,25,28)(H,26,30). The van der Waals surface area contributed by atoms with Crippen molar-refractivity contribution in [2.75, 3.05) is 26.2 Å². The Morgan fingerprint density at radius 1 is 0.767 bits per heavy atom. The lowest BCUT2D eigenvalue weighted by Crippen LogP contribution is -2.39. The van der Waals surface area contributed by atoms with Gasteiger partial charge in [-0.3, -0.25) is 14.4 Å². The number of rotatable bonds is 7. The molecule has 6 nitrogen and oxygen atoms in total. The van der Waals surface area contributed by atoms with Crippen molar-refractivity contribution in [2.24, 2.45) is 0 Å². The number of hydrogen-bond donors (Lipinski definition) is 2. The number of amides is 3. The van der Waals surface area contributed by atoms with Gasteiger partial charge in [-0.1, -0.05) is 55.3 Å². The van der Waals surface area contributed by atoms with Crippen LogP contribution >= 0.6 is 0 Å². The summed E-state index contributed by atoms with van der Waals surface area (Å²) in [5, 5.41) is 5.33. The van der Waals surface area contributed by atoms with Gasteiger partial charge in [0.05, 0.1) is 6.54 Å². The van der Waals surface area contributed by atoms with Gasteiger partial charge in [0.25, 0.3) is 5.91 Å². The lowest BCUT2D eigenvalue weighted by atomic mass is 10.0. The Morgan fingerprint density at radius 3 is 2.07 bits per heavy atom. The van der Waals surface area contributed by atoms with Gasteiger partial charge in [0, 0.05) is 31.6 Å². The van der Waals surface area contributed by atoms with Crippen molar-refractivity contribution in [2.45, 2.75) is 32.1 Å². The molecule has 2 aromatic carbocycles. The van der Waals surface area contributed by atoms with Crippen LogP contribution in [0.1, 0.15) is 42.5 Å². The topological polar surface area (TPSA) is 78.5 Å². The quantitative estimate of drug-likeness (QED) is 0.741. The van der Waals surface area contributed by atoms with E-state index in [9.17, 15) is 14.4 Å². The number of likely N-dealkylation sites (tertiary alicyclic amines) is 1. The fourth-order valence-electron chi connectivity index (χ4n) is 3.56. The van der Waals surface area contributed by atoms with Crippen LogP contribution in [0.25, 0.3) is 11.1 Å². The summed E-state index contributed by atoms with van der Waals surface area (Å²) in [5.41, 5.74) is 2.61. The number of nitrogens with zero attached hydrogens (tertiary/aromatic N) is 1. The maximum atomic E-state index is 12.3. The summed E-state index contributed by atoms with van der Waals surface area (Å²) in [4.78, 5) is 38.4. The molecule has 158 valence electrons. The van der Waals surface area contributed by atoms with Crippen LogP contribution < -0.4 is 10.6 Å². The van der Waals surface area contributed by atoms with E-state index in [0.29, 0.717) is 12.0 Å². The van der Waals surface area contributed by atoms with Crippen molar-refractivity contribution >= 4 is 17.7 Å². The highest BCUT2D eigenvalue weighted by atomic mass is 16.2. The van der Waals surface area contributed by atoms with E-state index >= 15 is 0 Å². The minimum Gasteiger partial charge on any atom is -0.354 e. The molecule has 0 spiro atoms. The molecule has 6 heteroatoms. The SMILES string of the molecule is O=C(CNC(=O)c1ccc(-c2ccccc2)cc1)NCCC(=O)N1CCCCCC1. The normalized spacial score (nSPS) is 13.9. The molecule has 1 fully saturated rings. The highest BCUT2D eigenvalue weighted by Crippen LogP contribution is 2.19. The Balaban J connectivity index is 1.38. The Morgan fingerprint density at radius 2 is 1.40 bits per heavy atom. The molecule has 3 rings (SSSR count). The van der Waals surface area contributed by atoms with E-state index in [2.05, 4.69) is 10.6 Å². The fraction of sp³-hybridized carbons (Fsp3) is 0.375. The second kappa shape index (κ2) is 11.1. The molecular formula is C24H29N3O3. The summed E-state index contributed by atoms with van der Waals surface area (Å²) in [6, 6.07) is 17.2. The Kier molecular flexibility index (Phi) is 8.01. The third kappa shape index (κ3) is 6.44. The molecule has 0 atom stereocenters. The third-order valence-corrected chi connectivity index (χ3v) is 5.28. The Bertz CT molecular complexity index is 842. The molecule has 1 aliphatic rings. The van der Waals surface area contributed by atoms with E-state index < -0.39 is 0 Å². The first-order valence-electron chi connectivity index (χ1n) is 10.6. The lowest BCUT2D eigenvalue weighted by molar-refractivity contribution is -0.131. The zero-order chi connectivity index (χ0) is 21.2. The minimum atomic E-state index is -0.301. The first-order valence-corrected chi connectivity index (χ1v) is 10.6. The van der Waals surface area contributed by atoms with Gasteiger partial charge in [0.2, 0.25) is 11.8 Å². The van der Waals surface area contributed by atoms with Crippen LogP contribution in [0.15, 0.2) is 54.6 Å². The van der Waals surface area contributed by atoms with Gasteiger partial charge in [-0.2, -0.15) is 0 Å². The number of carbonyl (C=O) groups is 3. The van der Waals surface area contributed by atoms with Gasteiger partial charge < -0.3 is 15.5 Å². The Hall–Kier alpha value is -3.15. The van der Waals surface area contributed by atoms with Gasteiger partial charge >= 0.3 is 0 Å². The second-order valence-electron chi connectivity index (χ2n) is 7.52. The van der Waals surface area contributed by atoms with Crippen LogP contribution in [0.4, 0.5) is 0 Å². The van der Waals surface area contributed by atoms with Crippen LogP contribution in [0, 0.1) is 0 Å². The number of carbonyl (C=O) groups excluding carboxylic acids is 3. The van der Waals surface area contributed by atoms with E-state index in [1.807, 2.05) is 47.4 Å². The van der Waals surface area contributed by atoms with Crippen LogP contribution in [-0.2, 0) is 9.59 Å². The molecule has 0 aliphatic carbocycles. The highest BCUT2D eigenvalue weighted by molar-refractivity contribution is 5.96. The summed E-state index contributed by atoms with van der Waals surface area (Å²) < 4.78 is 0. The molecule has 2 N–H and O–H groups in total. The summed E-state index contributed by atoms with van der Waals surface area (Å²) in [6.45, 7) is 1.80. The van der Waals surface area contributed by atoms with Crippen molar-refractivity contribution in [1.82, 2.24) is 15.5 Å². The van der Waals surface area contributed by atoms with E-state index in [1.54, 1.807) is 12.1 Å². The average molecular weight is 408 g/mol. The third-order valence-electron chi connectivity index (χ3n) is 5.28. The largest absolute Gasteiger partial charge is 0.354 e. The molecular weight excluding hydrogens is 378 g/mol. The molecule has 2 aromatic rings. The molecule has 1 aliphatic heterocycles. The zero-order valence-corrected chi connectivity index (χ0v) is 17.2. The molecule has 0 saturated carbocycles. The lowest BCUT2D eigenvalue weighted by Gasteiger charge is -2.20. The smallest absolute Gasteiger partial charge is 0.251 e. The van der Waals surface area contributed by atoms with Gasteiger partial charge in [-0.15, -0.1) is 0 Å². The van der Waals surface area contributed by atoms with E-state index in [0.717, 1.165) is 37.1 Å². The maximum Gasteiger partial charge on any atom is 0.251 e. The summed E-state index contributed by atoms with van der Waals surface area (Å²) in [7, 11) is 0. The number of benzene rings is 2. The van der Waals surface area contributed by atoms with E-state index in [1.165, 1.54) is 12.8 Å². The Labute approximate surface area is 177 Å². The predicted octanol–water partition coefficient (Wildman–Crippen LogP) is 2.99. The second-order valence-corrected chi connectivity index (χ2v) is 7.52. The van der Waals surface area contributed by atoms with Gasteiger partial charge in [-0.25, -0.2) is 0 Å². The van der Waals surface area contributed by atoms with Crippen LogP contribution in [0.2, 0.25) is 0 Å². The molecule has 0 aromatic heterocycles. The number of nitrogens with one attached hydrogen (secondary N) is 2. The molecule has 30 heavy (non-hydrogen) atoms.